The number of nitrogens with one attached hydrogen (secondary N) is 1. The van der Waals surface area contributed by atoms with Gasteiger partial charge in [0.1, 0.15) is 52.8 Å². The number of β-lactam (4-membered cyclic amide) rings is 1. The van der Waals surface area contributed by atoms with Gasteiger partial charge in [-0.25, -0.2) is 19.0 Å². The number of nitrogens with zero attached hydrogens (tertiary/aromatic N) is 7. The average Bonchev–Trinajstić information content (AvgIpc) is 3.50. The van der Waals surface area contributed by atoms with Crippen molar-refractivity contribution in [3.63, 3.8) is 0 Å². The first kappa shape index (κ1) is 31.7. The molecule has 1 saturated carbocycles. The Hall–Kier alpha value is -4.87. The predicted molar refractivity (Wildman–Crippen MR) is 180 cm³/mol. The van der Waals surface area contributed by atoms with Gasteiger partial charge in [0, 0.05) is 11.3 Å². The molecule has 2 atom stereocenters. The van der Waals surface area contributed by atoms with Gasteiger partial charge in [-0.3, -0.25) is 19.5 Å². The minimum atomic E-state index is -1.22. The number of aromatic nitrogens is 4. The summed E-state index contributed by atoms with van der Waals surface area (Å²) in [5.41, 5.74) is 15.0. The molecule has 0 spiro atoms. The second-order valence-electron chi connectivity index (χ2n) is 11.4. The van der Waals surface area contributed by atoms with E-state index >= 15 is 0 Å². The number of nitrogen functional groups attached to an aromatic ring is 1. The highest BCUT2D eigenvalue weighted by atomic mass is 35.5. The summed E-state index contributed by atoms with van der Waals surface area (Å²) in [5, 5.41) is 16.1. The first-order chi connectivity index (χ1) is 23.1. The van der Waals surface area contributed by atoms with Crippen LogP contribution in [0, 0.1) is 0 Å². The summed E-state index contributed by atoms with van der Waals surface area (Å²) in [6.45, 7) is 0.859. The Morgan fingerprint density at radius 2 is 2.00 bits per heavy atom. The number of thioether (sulfide) groups is 1. The number of amides is 2. The number of halogens is 1. The lowest BCUT2D eigenvalue weighted by Crippen LogP contribution is -2.71. The molecule has 0 radical (unpaired) electrons. The number of carbonyl (C=O) groups is 3. The standard InChI is InChI=1S/C30H29ClN10O5S2/c1-46-37-21(20-24(31)48-30(33)36-20)26(42)35-22-27(43)41-23(29(44)45)17(14-47-28(22)41)13-39-9-8-19-38(10-11-40(19)39)12-15-2-4-16(5-3-15)25(32)34-18-6-7-18/h2-5,8-11,18,22,28H,6-7,12-14H2,1H3,(H5-,32,33,34,35,36,42,44,45)/p+1/b37-21-/t22-,28-/m1/s1. The van der Waals surface area contributed by atoms with Gasteiger partial charge >= 0.3 is 11.6 Å². The van der Waals surface area contributed by atoms with Crippen LogP contribution in [0.3, 0.4) is 0 Å². The zero-order valence-corrected chi connectivity index (χ0v) is 27.8. The quantitative estimate of drug-likeness (QED) is 0.0585. The van der Waals surface area contributed by atoms with Crippen molar-refractivity contribution in [2.45, 2.75) is 43.4 Å². The maximum absolute atomic E-state index is 13.3. The predicted octanol–water partition coefficient (Wildman–Crippen LogP) is 1.43. The van der Waals surface area contributed by atoms with Gasteiger partial charge in [-0.15, -0.1) is 16.3 Å². The zero-order valence-electron chi connectivity index (χ0n) is 25.4. The summed E-state index contributed by atoms with van der Waals surface area (Å²) in [6.07, 6.45) is 7.94. The molecular weight excluding hydrogens is 680 g/mol. The number of anilines is 1. The second-order valence-corrected chi connectivity index (χ2v) is 14.1. The van der Waals surface area contributed by atoms with Crippen molar-refractivity contribution in [1.29, 1.82) is 0 Å². The number of aliphatic carboxylic acids is 1. The number of carboxylic acid groups (broad SMARTS) is 1. The largest absolute Gasteiger partial charge is 0.477 e. The fourth-order valence-electron chi connectivity index (χ4n) is 5.71. The summed E-state index contributed by atoms with van der Waals surface area (Å²) in [5.74, 6) is -1.64. The van der Waals surface area contributed by atoms with Crippen molar-refractivity contribution in [3.8, 4) is 0 Å². The number of hydrogen-bond donors (Lipinski definition) is 4. The molecule has 248 valence electrons. The van der Waals surface area contributed by atoms with E-state index in [1.165, 1.54) is 23.8 Å². The van der Waals surface area contributed by atoms with Crippen molar-refractivity contribution >= 4 is 74.8 Å². The molecule has 3 aliphatic rings. The third-order valence-corrected chi connectivity index (χ3v) is 10.6. The highest BCUT2D eigenvalue weighted by Crippen LogP contribution is 2.41. The van der Waals surface area contributed by atoms with Crippen LogP contribution in [-0.2, 0) is 32.3 Å². The first-order valence-corrected chi connectivity index (χ1v) is 17.1. The van der Waals surface area contributed by atoms with Crippen LogP contribution in [0.5, 0.6) is 0 Å². The molecule has 1 saturated heterocycles. The van der Waals surface area contributed by atoms with Gasteiger partial charge in [-0.05, 0) is 24.0 Å². The molecule has 2 aliphatic heterocycles. The lowest BCUT2D eigenvalue weighted by atomic mass is 10.0. The molecule has 3 aromatic heterocycles. The van der Waals surface area contributed by atoms with Crippen LogP contribution in [0.15, 0.2) is 70.3 Å². The maximum Gasteiger partial charge on any atom is 0.352 e. The van der Waals surface area contributed by atoms with Crippen LogP contribution in [0.1, 0.15) is 29.7 Å². The molecule has 0 unspecified atom stereocenters. The topological polar surface area (TPSA) is 199 Å². The number of carbonyl (C=O) groups excluding carboxylic acids is 2. The molecular formula is C30H30ClN10O5S2+. The Labute approximate surface area is 286 Å². The molecule has 4 aromatic rings. The Balaban J connectivity index is 1.06. The van der Waals surface area contributed by atoms with Crippen molar-refractivity contribution < 1.29 is 28.9 Å². The fourth-order valence-corrected chi connectivity index (χ4v) is 7.98. The fraction of sp³-hybridized carbons (Fsp3) is 0.300. The number of rotatable bonds is 11. The number of aliphatic imine (C=N–C) groups is 1. The van der Waals surface area contributed by atoms with Gasteiger partial charge in [0.15, 0.2) is 17.0 Å². The maximum atomic E-state index is 13.3. The summed E-state index contributed by atoms with van der Waals surface area (Å²) in [6, 6.07) is 9.35. The van der Waals surface area contributed by atoms with Crippen molar-refractivity contribution in [2.24, 2.45) is 15.9 Å². The smallest absolute Gasteiger partial charge is 0.352 e. The minimum absolute atomic E-state index is 0.0217. The normalized spacial score (nSPS) is 19.8. The summed E-state index contributed by atoms with van der Waals surface area (Å²) >= 11 is 8.49. The van der Waals surface area contributed by atoms with E-state index in [0.717, 1.165) is 41.0 Å². The van der Waals surface area contributed by atoms with Gasteiger partial charge in [0.25, 0.3) is 11.8 Å². The number of oxime groups is 1. The molecule has 2 amide bonds. The third kappa shape index (κ3) is 5.88. The van der Waals surface area contributed by atoms with E-state index in [2.05, 4.69) is 25.0 Å². The van der Waals surface area contributed by atoms with E-state index in [-0.39, 0.29) is 33.1 Å². The number of hydrogen-bond acceptors (Lipinski definition) is 10. The Bertz CT molecular complexity index is 2050. The van der Waals surface area contributed by atoms with Crippen LogP contribution in [0.25, 0.3) is 5.65 Å². The number of imidazole rings is 1. The van der Waals surface area contributed by atoms with Gasteiger partial charge in [-0.2, -0.15) is 0 Å². The molecule has 0 bridgehead atoms. The van der Waals surface area contributed by atoms with E-state index in [9.17, 15) is 19.5 Å². The minimum Gasteiger partial charge on any atom is -0.477 e. The summed E-state index contributed by atoms with van der Waals surface area (Å²) < 4.78 is 6.05. The summed E-state index contributed by atoms with van der Waals surface area (Å²) in [7, 11) is 1.25. The SMILES string of the molecule is CO/N=C(\C(=O)N[C@@H]1C(=O)N2C(C(=O)O)=C(Cn3ccc4n3cc[n+]4Cc3ccc(C(N)=NC4CC4)cc3)CS[C@H]12)c1nc(N)sc1Cl. The molecule has 7 rings (SSSR count). The van der Waals surface area contributed by atoms with E-state index in [0.29, 0.717) is 29.7 Å². The first-order valence-electron chi connectivity index (χ1n) is 14.9. The molecule has 5 heterocycles. The monoisotopic (exact) mass is 709 g/mol. The number of fused-ring (bicyclic) bond motifs is 2. The number of thiazole rings is 1. The van der Waals surface area contributed by atoms with Crippen molar-refractivity contribution in [1.82, 2.24) is 24.4 Å². The highest BCUT2D eigenvalue weighted by molar-refractivity contribution is 8.00. The lowest BCUT2D eigenvalue weighted by molar-refractivity contribution is -0.661. The molecule has 48 heavy (non-hydrogen) atoms. The highest BCUT2D eigenvalue weighted by Gasteiger charge is 2.54. The van der Waals surface area contributed by atoms with Gasteiger partial charge in [0.2, 0.25) is 0 Å². The van der Waals surface area contributed by atoms with Crippen LogP contribution in [0.2, 0.25) is 4.34 Å². The Morgan fingerprint density at radius 1 is 1.23 bits per heavy atom. The second kappa shape index (κ2) is 12.6. The van der Waals surface area contributed by atoms with E-state index in [1.54, 1.807) is 0 Å². The Kier molecular flexibility index (Phi) is 8.34. The van der Waals surface area contributed by atoms with E-state index in [1.807, 2.05) is 58.1 Å². The van der Waals surface area contributed by atoms with Crippen LogP contribution < -0.4 is 21.4 Å². The van der Waals surface area contributed by atoms with Crippen LogP contribution >= 0.6 is 34.7 Å². The van der Waals surface area contributed by atoms with Crippen molar-refractivity contribution in [3.05, 3.63) is 81.3 Å². The van der Waals surface area contributed by atoms with E-state index in [4.69, 9.17) is 27.9 Å². The lowest BCUT2D eigenvalue weighted by Gasteiger charge is -2.49. The number of amidine groups is 1. The number of benzene rings is 1. The molecule has 1 aromatic carbocycles. The van der Waals surface area contributed by atoms with E-state index < -0.39 is 29.2 Å². The molecule has 2 fully saturated rings. The van der Waals surface area contributed by atoms with Gasteiger partial charge in [-0.1, -0.05) is 52.4 Å². The Morgan fingerprint density at radius 3 is 2.67 bits per heavy atom. The van der Waals surface area contributed by atoms with Crippen LogP contribution in [-0.4, -0.2) is 83.8 Å². The molecule has 1 aliphatic carbocycles. The molecule has 18 heteroatoms. The summed E-state index contributed by atoms with van der Waals surface area (Å²) in [4.78, 5) is 53.6. The van der Waals surface area contributed by atoms with Gasteiger partial charge in [0.05, 0.1) is 24.8 Å². The molecule has 15 nitrogen and oxygen atoms in total. The van der Waals surface area contributed by atoms with Gasteiger partial charge < -0.3 is 26.7 Å². The number of carboxylic acids is 1. The third-order valence-electron chi connectivity index (χ3n) is 8.17. The number of nitrogens with two attached hydrogens (primary N) is 2. The van der Waals surface area contributed by atoms with Crippen LogP contribution in [0.4, 0.5) is 5.13 Å². The average molecular weight is 710 g/mol. The van der Waals surface area contributed by atoms with Crippen molar-refractivity contribution in [2.75, 3.05) is 18.6 Å². The zero-order chi connectivity index (χ0) is 33.7. The molecule has 6 N–H and O–H groups in total.